The number of carbonyl (C=O) groups excluding carboxylic acids is 1. The average molecular weight is 343 g/mol. The SMILES string of the molecule is C[C@H](C(=O)NCCC1=CCCCC1)[NH+]1CCN(c2ccccc2)CC1. The van der Waals surface area contributed by atoms with Crippen molar-refractivity contribution >= 4 is 11.6 Å². The molecule has 0 bridgehead atoms. The molecule has 25 heavy (non-hydrogen) atoms. The van der Waals surface area contributed by atoms with Crippen molar-refractivity contribution in [3.63, 3.8) is 0 Å². The monoisotopic (exact) mass is 342 g/mol. The molecular formula is C21H32N3O+. The summed E-state index contributed by atoms with van der Waals surface area (Å²) in [5, 5.41) is 3.16. The summed E-state index contributed by atoms with van der Waals surface area (Å²) in [5.41, 5.74) is 2.82. The van der Waals surface area contributed by atoms with Gasteiger partial charge < -0.3 is 15.1 Å². The first-order valence-electron chi connectivity index (χ1n) is 9.84. The Morgan fingerprint density at radius 2 is 1.96 bits per heavy atom. The van der Waals surface area contributed by atoms with E-state index in [9.17, 15) is 4.79 Å². The Balaban J connectivity index is 1.40. The summed E-state index contributed by atoms with van der Waals surface area (Å²) in [6, 6.07) is 10.6. The van der Waals surface area contributed by atoms with E-state index in [1.165, 1.54) is 41.8 Å². The largest absolute Gasteiger partial charge is 0.360 e. The maximum Gasteiger partial charge on any atom is 0.278 e. The molecule has 1 amide bonds. The van der Waals surface area contributed by atoms with Crippen LogP contribution in [0.25, 0.3) is 0 Å². The summed E-state index contributed by atoms with van der Waals surface area (Å²) >= 11 is 0. The fraction of sp³-hybridized carbons (Fsp3) is 0.571. The molecule has 136 valence electrons. The lowest BCUT2D eigenvalue weighted by atomic mass is 9.97. The molecule has 1 saturated heterocycles. The van der Waals surface area contributed by atoms with Crippen LogP contribution in [0.1, 0.15) is 39.0 Å². The fourth-order valence-electron chi connectivity index (χ4n) is 3.94. The molecule has 3 rings (SSSR count). The van der Waals surface area contributed by atoms with E-state index in [-0.39, 0.29) is 11.9 Å². The first-order valence-corrected chi connectivity index (χ1v) is 9.84. The molecular weight excluding hydrogens is 310 g/mol. The van der Waals surface area contributed by atoms with Gasteiger partial charge in [-0.2, -0.15) is 0 Å². The lowest BCUT2D eigenvalue weighted by molar-refractivity contribution is -0.914. The van der Waals surface area contributed by atoms with Crippen LogP contribution in [0.2, 0.25) is 0 Å². The Morgan fingerprint density at radius 1 is 1.20 bits per heavy atom. The molecule has 2 N–H and O–H groups in total. The molecule has 1 aromatic carbocycles. The maximum atomic E-state index is 12.5. The van der Waals surface area contributed by atoms with Gasteiger partial charge in [-0.15, -0.1) is 0 Å². The van der Waals surface area contributed by atoms with Gasteiger partial charge in [0.15, 0.2) is 6.04 Å². The highest BCUT2D eigenvalue weighted by Crippen LogP contribution is 2.19. The maximum absolute atomic E-state index is 12.5. The van der Waals surface area contributed by atoms with Crippen LogP contribution in [-0.2, 0) is 4.79 Å². The molecule has 0 aromatic heterocycles. The van der Waals surface area contributed by atoms with E-state index in [0.29, 0.717) is 0 Å². The summed E-state index contributed by atoms with van der Waals surface area (Å²) in [7, 11) is 0. The number of rotatable bonds is 6. The van der Waals surface area contributed by atoms with Crippen molar-refractivity contribution in [1.82, 2.24) is 5.32 Å². The van der Waals surface area contributed by atoms with Gasteiger partial charge in [-0.25, -0.2) is 0 Å². The summed E-state index contributed by atoms with van der Waals surface area (Å²) < 4.78 is 0. The Labute approximate surface area is 151 Å². The predicted octanol–water partition coefficient (Wildman–Crippen LogP) is 1.79. The molecule has 4 nitrogen and oxygen atoms in total. The fourth-order valence-corrected chi connectivity index (χ4v) is 3.94. The number of nitrogens with zero attached hydrogens (tertiary/aromatic N) is 1. The molecule has 1 aliphatic carbocycles. The van der Waals surface area contributed by atoms with E-state index in [1.54, 1.807) is 0 Å². The lowest BCUT2D eigenvalue weighted by Gasteiger charge is -2.36. The van der Waals surface area contributed by atoms with Crippen LogP contribution in [0.5, 0.6) is 0 Å². The molecule has 1 fully saturated rings. The molecule has 4 heteroatoms. The summed E-state index contributed by atoms with van der Waals surface area (Å²) in [5.74, 6) is 0.208. The molecule has 1 aromatic rings. The number of quaternary nitrogens is 1. The van der Waals surface area contributed by atoms with Crippen molar-refractivity contribution in [2.24, 2.45) is 0 Å². The Hall–Kier alpha value is -1.81. The van der Waals surface area contributed by atoms with Gasteiger partial charge >= 0.3 is 0 Å². The standard InChI is InChI=1S/C21H31N3O/c1-18(21(25)22-13-12-19-8-4-2-5-9-19)23-14-16-24(17-15-23)20-10-6-3-7-11-20/h3,6-8,10-11,18H,2,4-5,9,12-17H2,1H3,(H,22,25)/p+1/t18-/m1/s1. The summed E-state index contributed by atoms with van der Waals surface area (Å²) in [6.07, 6.45) is 8.47. The third-order valence-electron chi connectivity index (χ3n) is 5.66. The van der Waals surface area contributed by atoms with Crippen LogP contribution >= 0.6 is 0 Å². The van der Waals surface area contributed by atoms with Crippen molar-refractivity contribution in [1.29, 1.82) is 0 Å². The third kappa shape index (κ3) is 5.08. The van der Waals surface area contributed by atoms with Gasteiger partial charge in [0, 0.05) is 12.2 Å². The van der Waals surface area contributed by atoms with E-state index >= 15 is 0 Å². The zero-order valence-corrected chi connectivity index (χ0v) is 15.5. The van der Waals surface area contributed by atoms with Gasteiger partial charge in [-0.1, -0.05) is 29.8 Å². The highest BCUT2D eigenvalue weighted by Gasteiger charge is 2.28. The molecule has 1 atom stereocenters. The second kappa shape index (κ2) is 9.04. The predicted molar refractivity (Wildman–Crippen MR) is 103 cm³/mol. The molecule has 0 spiro atoms. The van der Waals surface area contributed by atoms with Gasteiger partial charge in [0.1, 0.15) is 0 Å². The van der Waals surface area contributed by atoms with Crippen LogP contribution in [0, 0.1) is 0 Å². The van der Waals surface area contributed by atoms with E-state index in [2.05, 4.69) is 53.5 Å². The van der Waals surface area contributed by atoms with Crippen molar-refractivity contribution < 1.29 is 9.69 Å². The Bertz CT molecular complexity index is 576. The molecule has 2 aliphatic rings. The van der Waals surface area contributed by atoms with Crippen molar-refractivity contribution in [2.75, 3.05) is 37.6 Å². The topological polar surface area (TPSA) is 36.8 Å². The van der Waals surface area contributed by atoms with Crippen molar-refractivity contribution in [3.8, 4) is 0 Å². The van der Waals surface area contributed by atoms with Crippen LogP contribution in [0.4, 0.5) is 5.69 Å². The number of amides is 1. The highest BCUT2D eigenvalue weighted by atomic mass is 16.2. The van der Waals surface area contributed by atoms with Gasteiger partial charge in [0.05, 0.1) is 26.2 Å². The first kappa shape index (κ1) is 18.0. The Kier molecular flexibility index (Phi) is 6.51. The van der Waals surface area contributed by atoms with Crippen LogP contribution in [-0.4, -0.2) is 44.7 Å². The molecule has 1 aliphatic heterocycles. The number of nitrogens with one attached hydrogen (secondary N) is 2. The van der Waals surface area contributed by atoms with Gasteiger partial charge in [-0.05, 0) is 51.2 Å². The van der Waals surface area contributed by atoms with E-state index < -0.39 is 0 Å². The molecule has 0 unspecified atom stereocenters. The molecule has 1 heterocycles. The quantitative estimate of drug-likeness (QED) is 0.774. The minimum atomic E-state index is 0.0401. The molecule has 0 saturated carbocycles. The van der Waals surface area contributed by atoms with Crippen LogP contribution in [0.3, 0.4) is 0 Å². The van der Waals surface area contributed by atoms with Gasteiger partial charge in [0.25, 0.3) is 5.91 Å². The summed E-state index contributed by atoms with van der Waals surface area (Å²) in [4.78, 5) is 16.3. The normalized spacial score (nSPS) is 20.0. The number of para-hydroxylation sites is 1. The van der Waals surface area contributed by atoms with Crippen LogP contribution in [0.15, 0.2) is 42.0 Å². The number of hydrogen-bond acceptors (Lipinski definition) is 2. The van der Waals surface area contributed by atoms with Crippen LogP contribution < -0.4 is 15.1 Å². The number of allylic oxidation sites excluding steroid dienone is 1. The average Bonchev–Trinajstić information content (AvgIpc) is 2.69. The summed E-state index contributed by atoms with van der Waals surface area (Å²) in [6.45, 7) is 6.94. The van der Waals surface area contributed by atoms with Gasteiger partial charge in [0.2, 0.25) is 0 Å². The lowest BCUT2D eigenvalue weighted by Crippen LogP contribution is -3.19. The number of hydrogen-bond donors (Lipinski definition) is 2. The third-order valence-corrected chi connectivity index (χ3v) is 5.66. The second-order valence-electron chi connectivity index (χ2n) is 7.35. The Morgan fingerprint density at radius 3 is 2.64 bits per heavy atom. The minimum Gasteiger partial charge on any atom is -0.360 e. The number of carbonyl (C=O) groups is 1. The zero-order valence-electron chi connectivity index (χ0n) is 15.5. The minimum absolute atomic E-state index is 0.0401. The van der Waals surface area contributed by atoms with Crippen molar-refractivity contribution in [3.05, 3.63) is 42.0 Å². The number of anilines is 1. The highest BCUT2D eigenvalue weighted by molar-refractivity contribution is 5.79. The van der Waals surface area contributed by atoms with E-state index in [1.807, 2.05) is 0 Å². The van der Waals surface area contributed by atoms with Crippen molar-refractivity contribution in [2.45, 2.75) is 45.1 Å². The number of benzene rings is 1. The first-order chi connectivity index (χ1) is 12.2. The number of piperazine rings is 1. The van der Waals surface area contributed by atoms with E-state index in [4.69, 9.17) is 0 Å². The van der Waals surface area contributed by atoms with E-state index in [0.717, 1.165) is 39.1 Å². The molecule has 0 radical (unpaired) electrons. The zero-order chi connectivity index (χ0) is 17.5. The second-order valence-corrected chi connectivity index (χ2v) is 7.35. The van der Waals surface area contributed by atoms with Gasteiger partial charge in [-0.3, -0.25) is 4.79 Å². The smallest absolute Gasteiger partial charge is 0.278 e.